The van der Waals surface area contributed by atoms with E-state index in [1.165, 1.54) is 14.2 Å². The molecule has 2 aromatic carbocycles. The smallest absolute Gasteiger partial charge is 0.407 e. The molecule has 5 atom stereocenters. The lowest BCUT2D eigenvalue weighted by Gasteiger charge is -2.32. The predicted molar refractivity (Wildman–Crippen MR) is 212 cm³/mol. The van der Waals surface area contributed by atoms with E-state index in [0.29, 0.717) is 48.6 Å². The van der Waals surface area contributed by atoms with Crippen molar-refractivity contribution in [1.29, 1.82) is 0 Å². The first-order valence-electron chi connectivity index (χ1n) is 19.3. The van der Waals surface area contributed by atoms with E-state index in [9.17, 15) is 19.2 Å². The third kappa shape index (κ3) is 8.42. The van der Waals surface area contributed by atoms with Crippen LogP contribution in [0.3, 0.4) is 0 Å². The third-order valence-electron chi connectivity index (χ3n) is 10.9. The highest BCUT2D eigenvalue weighted by Crippen LogP contribution is 2.39. The van der Waals surface area contributed by atoms with Crippen LogP contribution in [0.25, 0.3) is 33.6 Å². The molecule has 4 N–H and O–H groups in total. The molecule has 14 nitrogen and oxygen atoms in total. The Kier molecular flexibility index (Phi) is 12.1. The zero-order valence-electron chi connectivity index (χ0n) is 33.4. The number of carbonyl (C=O) groups is 4. The van der Waals surface area contributed by atoms with Crippen molar-refractivity contribution in [3.8, 4) is 33.6 Å². The molecule has 0 spiro atoms. The second kappa shape index (κ2) is 17.0. The Labute approximate surface area is 331 Å². The van der Waals surface area contributed by atoms with Gasteiger partial charge in [-0.3, -0.25) is 9.59 Å². The maximum Gasteiger partial charge on any atom is 0.407 e. The van der Waals surface area contributed by atoms with Crippen molar-refractivity contribution in [3.05, 3.63) is 84.6 Å². The topological polar surface area (TPSA) is 175 Å². The van der Waals surface area contributed by atoms with Crippen LogP contribution in [-0.4, -0.2) is 86.1 Å². The van der Waals surface area contributed by atoms with E-state index in [1.807, 2.05) is 83.1 Å². The molecular weight excluding hydrogens is 732 g/mol. The van der Waals surface area contributed by atoms with Gasteiger partial charge in [0.25, 0.3) is 0 Å². The lowest BCUT2D eigenvalue weighted by atomic mass is 10.0. The number of H-pyrrole nitrogens is 2. The van der Waals surface area contributed by atoms with Crippen LogP contribution in [-0.2, 0) is 19.1 Å². The van der Waals surface area contributed by atoms with E-state index < -0.39 is 36.3 Å². The number of rotatable bonds is 11. The zero-order chi connectivity index (χ0) is 41.1. The van der Waals surface area contributed by atoms with Crippen LogP contribution in [0.2, 0.25) is 0 Å². The van der Waals surface area contributed by atoms with Crippen molar-refractivity contribution in [1.82, 2.24) is 40.4 Å². The number of likely N-dealkylation sites (tertiary alicyclic amines) is 2. The number of alkyl carbamates (subject to hydrolysis) is 2. The Morgan fingerprint density at radius 2 is 1.32 bits per heavy atom. The minimum atomic E-state index is -0.804. The van der Waals surface area contributed by atoms with Crippen molar-refractivity contribution >= 4 is 24.0 Å². The first-order valence-corrected chi connectivity index (χ1v) is 19.3. The molecule has 6 rings (SSSR count). The van der Waals surface area contributed by atoms with Crippen LogP contribution in [0.15, 0.2) is 67.0 Å². The molecule has 0 radical (unpaired) electrons. The fourth-order valence-corrected chi connectivity index (χ4v) is 7.71. The lowest BCUT2D eigenvalue weighted by Crippen LogP contribution is -2.52. The number of methoxy groups -OCH3 is 2. The van der Waals surface area contributed by atoms with Crippen LogP contribution < -0.4 is 10.6 Å². The number of carbonyl (C=O) groups excluding carboxylic acids is 4. The molecular formula is C42H51FN8O6. The van der Waals surface area contributed by atoms with Gasteiger partial charge in [-0.15, -0.1) is 0 Å². The van der Waals surface area contributed by atoms with Crippen LogP contribution in [0.1, 0.15) is 84.0 Å². The van der Waals surface area contributed by atoms with Crippen molar-refractivity contribution in [3.63, 3.8) is 0 Å². The Hall–Kier alpha value is -5.99. The number of benzene rings is 2. The Morgan fingerprint density at radius 3 is 1.88 bits per heavy atom. The molecule has 2 aliphatic rings. The molecule has 2 aromatic heterocycles. The van der Waals surface area contributed by atoms with Crippen LogP contribution in [0, 0.1) is 17.8 Å². The number of allylic oxidation sites excluding steroid dienone is 1. The van der Waals surface area contributed by atoms with E-state index >= 15 is 4.39 Å². The number of aromatic nitrogens is 4. The van der Waals surface area contributed by atoms with E-state index in [4.69, 9.17) is 9.47 Å². The molecule has 0 saturated carbocycles. The van der Waals surface area contributed by atoms with Gasteiger partial charge in [0.1, 0.15) is 29.4 Å². The number of imidazole rings is 2. The van der Waals surface area contributed by atoms with Gasteiger partial charge >= 0.3 is 12.2 Å². The third-order valence-corrected chi connectivity index (χ3v) is 10.9. The minimum absolute atomic E-state index is 0.129. The fraction of sp³-hybridized carbons (Fsp3) is 0.429. The highest BCUT2D eigenvalue weighted by Gasteiger charge is 2.42. The average Bonchev–Trinajstić information content (AvgIpc) is 4.01. The average molecular weight is 783 g/mol. The van der Waals surface area contributed by atoms with Crippen LogP contribution >= 0.6 is 0 Å². The quantitative estimate of drug-likeness (QED) is 0.123. The van der Waals surface area contributed by atoms with Crippen molar-refractivity contribution in [2.24, 2.45) is 11.8 Å². The van der Waals surface area contributed by atoms with Gasteiger partial charge in [0, 0.05) is 17.3 Å². The summed E-state index contributed by atoms with van der Waals surface area (Å²) in [6.07, 6.45) is 2.95. The van der Waals surface area contributed by atoms with E-state index in [-0.39, 0.29) is 41.4 Å². The zero-order valence-corrected chi connectivity index (χ0v) is 33.4. The molecule has 4 aromatic rings. The largest absolute Gasteiger partial charge is 0.453 e. The minimum Gasteiger partial charge on any atom is -0.453 e. The summed E-state index contributed by atoms with van der Waals surface area (Å²) < 4.78 is 25.0. The Balaban J connectivity index is 1.15. The number of aromatic amines is 2. The fourth-order valence-electron chi connectivity index (χ4n) is 7.71. The summed E-state index contributed by atoms with van der Waals surface area (Å²) in [5.74, 6) is -0.508. The number of ether oxygens (including phenoxy) is 2. The summed E-state index contributed by atoms with van der Waals surface area (Å²) in [6.45, 7) is 13.5. The van der Waals surface area contributed by atoms with Gasteiger partial charge < -0.3 is 39.9 Å². The highest BCUT2D eigenvalue weighted by molar-refractivity contribution is 5.88. The summed E-state index contributed by atoms with van der Waals surface area (Å²) in [5.41, 5.74) is 4.96. The molecule has 302 valence electrons. The molecule has 2 saturated heterocycles. The number of hydrogen-bond acceptors (Lipinski definition) is 8. The first-order chi connectivity index (χ1) is 27.2. The van der Waals surface area contributed by atoms with Gasteiger partial charge in [-0.2, -0.15) is 4.39 Å². The molecule has 4 amide bonds. The first kappa shape index (κ1) is 40.7. The van der Waals surface area contributed by atoms with E-state index in [1.54, 1.807) is 16.0 Å². The normalized spacial score (nSPS) is 19.2. The Morgan fingerprint density at radius 1 is 0.772 bits per heavy atom. The second-order valence-electron chi connectivity index (χ2n) is 15.4. The molecule has 0 aliphatic carbocycles. The van der Waals surface area contributed by atoms with Gasteiger partial charge in [-0.25, -0.2) is 19.6 Å². The number of halogens is 1. The lowest BCUT2D eigenvalue weighted by molar-refractivity contribution is -0.137. The SMILES string of the molecule is C=C1CC[C@@H](c2ncc(-c3ccc(-c4ccc(-c5nc([C@@H]6CC[C@H](C)N6C(=O)[C@@H](NC(=O)OC)C(C)C)[nH]c5F)cc4)cc3)[nH]2)N1C(=O)[C@@H](NC(=O)OC)C(C)C. The summed E-state index contributed by atoms with van der Waals surface area (Å²) in [7, 11) is 2.51. The van der Waals surface area contributed by atoms with Crippen molar-refractivity contribution in [2.75, 3.05) is 14.2 Å². The molecule has 2 fully saturated rings. The molecule has 15 heteroatoms. The molecule has 57 heavy (non-hydrogen) atoms. The van der Waals surface area contributed by atoms with Gasteiger partial charge in [0.05, 0.1) is 38.2 Å². The number of amides is 4. The van der Waals surface area contributed by atoms with E-state index in [0.717, 1.165) is 22.4 Å². The highest BCUT2D eigenvalue weighted by atomic mass is 19.1. The van der Waals surface area contributed by atoms with Crippen molar-refractivity contribution < 1.29 is 33.0 Å². The number of nitrogens with zero attached hydrogens (tertiary/aromatic N) is 4. The molecule has 0 unspecified atom stereocenters. The molecule has 4 heterocycles. The Bertz CT molecular complexity index is 2110. The summed E-state index contributed by atoms with van der Waals surface area (Å²) >= 11 is 0. The van der Waals surface area contributed by atoms with Gasteiger partial charge in [-0.1, -0.05) is 82.8 Å². The molecule has 2 aliphatic heterocycles. The summed E-state index contributed by atoms with van der Waals surface area (Å²) in [4.78, 5) is 70.2. The molecule has 0 bridgehead atoms. The summed E-state index contributed by atoms with van der Waals surface area (Å²) in [6, 6.07) is 12.8. The summed E-state index contributed by atoms with van der Waals surface area (Å²) in [5, 5.41) is 5.31. The maximum atomic E-state index is 15.5. The monoisotopic (exact) mass is 782 g/mol. The van der Waals surface area contributed by atoms with E-state index in [2.05, 4.69) is 37.1 Å². The van der Waals surface area contributed by atoms with Crippen LogP contribution in [0.4, 0.5) is 14.0 Å². The standard InChI is InChI=1S/C42H51FN8O6/c1-22(2)33(47-41(54)56-7)39(52)50-24(5)9-19-31(50)37-44-21-30(45-37)28-15-11-26(12-16-28)27-13-17-29(18-14-27)35-36(43)49-38(46-35)32-20-10-25(6)51(32)40(53)34(23(3)4)48-42(55)57-8/h11-18,21-23,25,31-34H,5,9-10,19-20H2,1-4,6-8H3,(H,44,45)(H,46,49)(H,47,54)(H,48,55)/t25-,31-,32-,33-,34-/m0/s1. The van der Waals surface area contributed by atoms with Crippen LogP contribution in [0.5, 0.6) is 0 Å². The number of nitrogens with one attached hydrogen (secondary N) is 4. The second-order valence-corrected chi connectivity index (χ2v) is 15.4. The van der Waals surface area contributed by atoms with Crippen molar-refractivity contribution in [2.45, 2.75) is 90.5 Å². The van der Waals surface area contributed by atoms with Gasteiger partial charge in [0.15, 0.2) is 0 Å². The number of hydrogen-bond donors (Lipinski definition) is 4. The predicted octanol–water partition coefficient (Wildman–Crippen LogP) is 7.26. The van der Waals surface area contributed by atoms with Gasteiger partial charge in [0.2, 0.25) is 17.8 Å². The van der Waals surface area contributed by atoms with Gasteiger partial charge in [-0.05, 0) is 61.1 Å². The maximum absolute atomic E-state index is 15.5.